The van der Waals surface area contributed by atoms with Crippen molar-refractivity contribution in [3.63, 3.8) is 0 Å². The number of ether oxygens (including phenoxy) is 1. The summed E-state index contributed by atoms with van der Waals surface area (Å²) in [6.45, 7) is 3.83. The molecule has 3 heteroatoms. The summed E-state index contributed by atoms with van der Waals surface area (Å²) in [6.07, 6.45) is 0. The zero-order chi connectivity index (χ0) is 9.36. The molecule has 0 atom stereocenters. The van der Waals surface area contributed by atoms with E-state index in [1.807, 2.05) is 0 Å². The molecule has 0 aromatic heterocycles. The fraction of sp³-hybridized carbons (Fsp3) is 0.400. The van der Waals surface area contributed by atoms with Crippen LogP contribution < -0.4 is 5.32 Å². The third-order valence-corrected chi connectivity index (χ3v) is 1.58. The van der Waals surface area contributed by atoms with Gasteiger partial charge in [0, 0.05) is 13.1 Å². The maximum atomic E-state index is 11.9. The Balaban J connectivity index is 0.000000132. The fourth-order valence-electron chi connectivity index (χ4n) is 0.930. The van der Waals surface area contributed by atoms with Crippen molar-refractivity contribution in [3.8, 4) is 0 Å². The third-order valence-electron chi connectivity index (χ3n) is 1.58. The maximum absolute atomic E-state index is 11.9. The van der Waals surface area contributed by atoms with Gasteiger partial charge in [-0.05, 0) is 12.1 Å². The van der Waals surface area contributed by atoms with Crippen molar-refractivity contribution in [2.24, 2.45) is 0 Å². The van der Waals surface area contributed by atoms with E-state index in [2.05, 4.69) is 5.32 Å². The molecule has 2 nitrogen and oxygen atoms in total. The van der Waals surface area contributed by atoms with E-state index >= 15 is 0 Å². The van der Waals surface area contributed by atoms with E-state index in [0.717, 1.165) is 26.3 Å². The molecule has 1 heterocycles. The van der Waals surface area contributed by atoms with E-state index in [1.54, 1.807) is 18.2 Å². The van der Waals surface area contributed by atoms with Gasteiger partial charge in [-0.15, -0.1) is 0 Å². The molecule has 1 saturated heterocycles. The fourth-order valence-corrected chi connectivity index (χ4v) is 0.930. The quantitative estimate of drug-likeness (QED) is 0.657. The van der Waals surface area contributed by atoms with Crippen molar-refractivity contribution in [3.05, 3.63) is 36.1 Å². The molecule has 0 bridgehead atoms. The van der Waals surface area contributed by atoms with E-state index in [9.17, 15) is 4.39 Å². The summed E-state index contributed by atoms with van der Waals surface area (Å²) < 4.78 is 16.9. The van der Waals surface area contributed by atoms with E-state index in [4.69, 9.17) is 4.74 Å². The van der Waals surface area contributed by atoms with Crippen LogP contribution in [-0.2, 0) is 4.74 Å². The summed E-state index contributed by atoms with van der Waals surface area (Å²) in [5.41, 5.74) is 0. The van der Waals surface area contributed by atoms with Crippen LogP contribution >= 0.6 is 0 Å². The first kappa shape index (κ1) is 10.2. The highest BCUT2D eigenvalue weighted by Gasteiger charge is 1.92. The molecule has 72 valence electrons. The van der Waals surface area contributed by atoms with Crippen molar-refractivity contribution in [1.82, 2.24) is 5.32 Å². The lowest BCUT2D eigenvalue weighted by Crippen LogP contribution is -2.30. The molecule has 0 amide bonds. The van der Waals surface area contributed by atoms with E-state index in [1.165, 1.54) is 12.1 Å². The largest absolute Gasteiger partial charge is 0.379 e. The lowest BCUT2D eigenvalue weighted by atomic mass is 10.4. The Morgan fingerprint density at radius 2 is 1.69 bits per heavy atom. The molecule has 0 radical (unpaired) electrons. The van der Waals surface area contributed by atoms with Gasteiger partial charge in [0.2, 0.25) is 0 Å². The van der Waals surface area contributed by atoms with Crippen molar-refractivity contribution in [2.75, 3.05) is 26.3 Å². The van der Waals surface area contributed by atoms with Crippen LogP contribution in [0, 0.1) is 5.82 Å². The summed E-state index contributed by atoms with van der Waals surface area (Å²) in [5.74, 6) is -0.178. The minimum absolute atomic E-state index is 0.178. The standard InChI is InChI=1S/C6H5F.C4H9NO/c7-6-4-2-1-3-5-6;1-3-6-4-2-5-1/h1-5H;5H,1-4H2. The van der Waals surface area contributed by atoms with Crippen molar-refractivity contribution >= 4 is 0 Å². The summed E-state index contributed by atoms with van der Waals surface area (Å²) in [6, 6.07) is 7.94. The van der Waals surface area contributed by atoms with Gasteiger partial charge in [0.1, 0.15) is 5.82 Å². The molecule has 1 aliphatic heterocycles. The molecule has 0 saturated carbocycles. The van der Waals surface area contributed by atoms with E-state index in [0.29, 0.717) is 0 Å². The van der Waals surface area contributed by atoms with Gasteiger partial charge in [-0.1, -0.05) is 18.2 Å². The first-order chi connectivity index (χ1) is 6.39. The number of halogens is 1. The number of hydrogen-bond acceptors (Lipinski definition) is 2. The second-order valence-electron chi connectivity index (χ2n) is 2.66. The van der Waals surface area contributed by atoms with Gasteiger partial charge < -0.3 is 10.1 Å². The van der Waals surface area contributed by atoms with Gasteiger partial charge in [0.25, 0.3) is 0 Å². The van der Waals surface area contributed by atoms with Crippen LogP contribution in [0.3, 0.4) is 0 Å². The predicted octanol–water partition coefficient (Wildman–Crippen LogP) is 1.43. The second-order valence-corrected chi connectivity index (χ2v) is 2.66. The van der Waals surface area contributed by atoms with Crippen LogP contribution in [0.4, 0.5) is 4.39 Å². The number of morpholine rings is 1. The Bertz CT molecular complexity index is 200. The zero-order valence-electron chi connectivity index (χ0n) is 7.50. The molecule has 0 unspecified atom stereocenters. The van der Waals surface area contributed by atoms with Crippen molar-refractivity contribution < 1.29 is 9.13 Å². The topological polar surface area (TPSA) is 21.3 Å². The normalized spacial score (nSPS) is 15.8. The number of rotatable bonds is 0. The van der Waals surface area contributed by atoms with Crippen LogP contribution in [0.1, 0.15) is 0 Å². The Kier molecular flexibility index (Phi) is 5.13. The minimum Gasteiger partial charge on any atom is -0.379 e. The second kappa shape index (κ2) is 6.57. The maximum Gasteiger partial charge on any atom is 0.123 e. The first-order valence-electron chi connectivity index (χ1n) is 4.38. The molecule has 1 N–H and O–H groups in total. The summed E-state index contributed by atoms with van der Waals surface area (Å²) in [7, 11) is 0. The monoisotopic (exact) mass is 183 g/mol. The molecule has 2 rings (SSSR count). The molecular weight excluding hydrogens is 169 g/mol. The number of hydrogen-bond donors (Lipinski definition) is 1. The Morgan fingerprint density at radius 3 is 1.92 bits per heavy atom. The average molecular weight is 183 g/mol. The molecule has 1 aromatic rings. The first-order valence-corrected chi connectivity index (χ1v) is 4.38. The van der Waals surface area contributed by atoms with Gasteiger partial charge >= 0.3 is 0 Å². The van der Waals surface area contributed by atoms with Gasteiger partial charge in [-0.3, -0.25) is 0 Å². The molecule has 1 aromatic carbocycles. The molecule has 1 aliphatic rings. The van der Waals surface area contributed by atoms with E-state index in [-0.39, 0.29) is 5.82 Å². The van der Waals surface area contributed by atoms with Gasteiger partial charge in [-0.2, -0.15) is 0 Å². The van der Waals surface area contributed by atoms with Crippen LogP contribution in [0.25, 0.3) is 0 Å². The Labute approximate surface area is 77.7 Å². The van der Waals surface area contributed by atoms with Gasteiger partial charge in [0.15, 0.2) is 0 Å². The molecule has 0 spiro atoms. The third kappa shape index (κ3) is 5.33. The smallest absolute Gasteiger partial charge is 0.123 e. The molecule has 1 fully saturated rings. The summed E-state index contributed by atoms with van der Waals surface area (Å²) in [4.78, 5) is 0. The van der Waals surface area contributed by atoms with Crippen molar-refractivity contribution in [1.29, 1.82) is 0 Å². The summed E-state index contributed by atoms with van der Waals surface area (Å²) >= 11 is 0. The van der Waals surface area contributed by atoms with Crippen molar-refractivity contribution in [2.45, 2.75) is 0 Å². The van der Waals surface area contributed by atoms with Crippen LogP contribution in [0.15, 0.2) is 30.3 Å². The van der Waals surface area contributed by atoms with Crippen LogP contribution in [0.2, 0.25) is 0 Å². The highest BCUT2D eigenvalue weighted by molar-refractivity contribution is 5.02. The Hall–Kier alpha value is -0.930. The lowest BCUT2D eigenvalue weighted by molar-refractivity contribution is 0.109. The molecule has 0 aliphatic carbocycles. The summed E-state index contributed by atoms with van der Waals surface area (Å²) in [5, 5.41) is 3.16. The van der Waals surface area contributed by atoms with Crippen LogP contribution in [0.5, 0.6) is 0 Å². The van der Waals surface area contributed by atoms with Gasteiger partial charge in [-0.25, -0.2) is 4.39 Å². The van der Waals surface area contributed by atoms with Crippen LogP contribution in [-0.4, -0.2) is 26.3 Å². The average Bonchev–Trinajstić information content (AvgIpc) is 2.22. The SMILES string of the molecule is C1COCCN1.Fc1ccccc1. The van der Waals surface area contributed by atoms with Gasteiger partial charge in [0.05, 0.1) is 13.2 Å². The highest BCUT2D eigenvalue weighted by atomic mass is 19.1. The lowest BCUT2D eigenvalue weighted by Gasteiger charge is -2.10. The predicted molar refractivity (Wildman–Crippen MR) is 50.1 cm³/mol. The van der Waals surface area contributed by atoms with E-state index < -0.39 is 0 Å². The molecular formula is C10H14FNO. The molecule has 13 heavy (non-hydrogen) atoms. The number of nitrogens with one attached hydrogen (secondary N) is 1. The Morgan fingerprint density at radius 1 is 1.08 bits per heavy atom. The highest BCUT2D eigenvalue weighted by Crippen LogP contribution is 1.91. The number of benzene rings is 1. The minimum atomic E-state index is -0.178. The zero-order valence-corrected chi connectivity index (χ0v) is 7.50.